The van der Waals surface area contributed by atoms with Crippen molar-refractivity contribution in [1.82, 2.24) is 9.88 Å². The fourth-order valence-corrected chi connectivity index (χ4v) is 2.27. The van der Waals surface area contributed by atoms with Crippen molar-refractivity contribution in [1.29, 1.82) is 0 Å². The summed E-state index contributed by atoms with van der Waals surface area (Å²) in [6, 6.07) is 12.5. The summed E-state index contributed by atoms with van der Waals surface area (Å²) >= 11 is 6.00. The summed E-state index contributed by atoms with van der Waals surface area (Å²) < 4.78 is 2.25. The Kier molecular flexibility index (Phi) is 4.45. The summed E-state index contributed by atoms with van der Waals surface area (Å²) in [6.45, 7) is 6.19. The van der Waals surface area contributed by atoms with Gasteiger partial charge in [0.25, 0.3) is 0 Å². The molecule has 1 aromatic heterocycles. The second kappa shape index (κ2) is 6.07. The molecule has 2 rings (SSSR count). The molecular weight excluding hydrogens is 244 g/mol. The number of nitrogens with zero attached hydrogens (tertiary/aromatic N) is 1. The van der Waals surface area contributed by atoms with E-state index in [1.165, 1.54) is 11.3 Å². The van der Waals surface area contributed by atoms with Crippen LogP contribution in [0.5, 0.6) is 0 Å². The van der Waals surface area contributed by atoms with E-state index in [0.717, 1.165) is 18.1 Å². The molecule has 0 radical (unpaired) electrons. The Morgan fingerprint density at radius 2 is 2.11 bits per heavy atom. The largest absolute Gasteiger partial charge is 0.351 e. The molecule has 0 aliphatic rings. The first-order valence-electron chi connectivity index (χ1n) is 6.33. The van der Waals surface area contributed by atoms with E-state index >= 15 is 0 Å². The van der Waals surface area contributed by atoms with Gasteiger partial charge in [-0.3, -0.25) is 0 Å². The van der Waals surface area contributed by atoms with Crippen LogP contribution < -0.4 is 5.32 Å². The summed E-state index contributed by atoms with van der Waals surface area (Å²) in [5, 5.41) is 4.31. The molecule has 1 heterocycles. The lowest BCUT2D eigenvalue weighted by Crippen LogP contribution is -2.19. The molecule has 0 bridgehead atoms. The number of halogens is 1. The molecule has 2 nitrogen and oxygen atoms in total. The monoisotopic (exact) mass is 262 g/mol. The molecule has 0 aliphatic carbocycles. The zero-order valence-electron chi connectivity index (χ0n) is 10.9. The predicted molar refractivity (Wildman–Crippen MR) is 76.8 cm³/mol. The van der Waals surface area contributed by atoms with E-state index in [1.807, 2.05) is 18.2 Å². The lowest BCUT2D eigenvalue weighted by atomic mass is 10.1. The van der Waals surface area contributed by atoms with Crippen molar-refractivity contribution in [3.05, 3.63) is 58.9 Å². The maximum atomic E-state index is 6.00. The molecule has 0 amide bonds. The van der Waals surface area contributed by atoms with Crippen LogP contribution in [0.15, 0.2) is 42.6 Å². The zero-order valence-corrected chi connectivity index (χ0v) is 11.6. The van der Waals surface area contributed by atoms with E-state index < -0.39 is 0 Å². The van der Waals surface area contributed by atoms with Gasteiger partial charge in [0.2, 0.25) is 0 Å². The van der Waals surface area contributed by atoms with Crippen molar-refractivity contribution in [3.8, 4) is 0 Å². The number of hydrogen-bond donors (Lipinski definition) is 1. The third-order valence-electron chi connectivity index (χ3n) is 3.20. The Balaban J connectivity index is 1.98. The van der Waals surface area contributed by atoms with Gasteiger partial charge < -0.3 is 9.88 Å². The molecule has 3 heteroatoms. The highest BCUT2D eigenvalue weighted by Crippen LogP contribution is 2.17. The number of aromatic nitrogens is 1. The summed E-state index contributed by atoms with van der Waals surface area (Å²) in [7, 11) is 0. The van der Waals surface area contributed by atoms with Crippen LogP contribution in [0.2, 0.25) is 5.02 Å². The lowest BCUT2D eigenvalue weighted by molar-refractivity contribution is 0.549. The van der Waals surface area contributed by atoms with Crippen molar-refractivity contribution in [2.75, 3.05) is 0 Å². The van der Waals surface area contributed by atoms with Crippen LogP contribution in [0, 0.1) is 0 Å². The minimum Gasteiger partial charge on any atom is -0.351 e. The highest BCUT2D eigenvalue weighted by atomic mass is 35.5. The van der Waals surface area contributed by atoms with E-state index in [-0.39, 0.29) is 0 Å². The first-order chi connectivity index (χ1) is 8.70. The number of nitrogens with one attached hydrogen (secondary N) is 1. The Hall–Kier alpha value is -1.25. The molecule has 96 valence electrons. The minimum atomic E-state index is 0.295. The smallest absolute Gasteiger partial charge is 0.0409 e. The van der Waals surface area contributed by atoms with Crippen LogP contribution in [-0.2, 0) is 13.1 Å². The first-order valence-corrected chi connectivity index (χ1v) is 6.71. The third-order valence-corrected chi connectivity index (χ3v) is 3.44. The molecule has 0 saturated heterocycles. The van der Waals surface area contributed by atoms with Crippen molar-refractivity contribution in [2.24, 2.45) is 0 Å². The maximum Gasteiger partial charge on any atom is 0.0409 e. The van der Waals surface area contributed by atoms with E-state index in [1.54, 1.807) is 0 Å². The molecule has 0 unspecified atom stereocenters. The van der Waals surface area contributed by atoms with Crippen LogP contribution >= 0.6 is 11.6 Å². The Bertz CT molecular complexity index is 505. The molecular formula is C15H19ClN2. The van der Waals surface area contributed by atoms with Crippen LogP contribution in [0.4, 0.5) is 0 Å². The Morgan fingerprint density at radius 3 is 2.83 bits per heavy atom. The standard InChI is InChI=1S/C15H19ClN2/c1-3-18-9-5-8-15(18)11-17-12(2)13-6-4-7-14(16)10-13/h4-10,12,17H,3,11H2,1-2H3/t12-/m0/s1. The van der Waals surface area contributed by atoms with Gasteiger partial charge in [0, 0.05) is 36.0 Å². The van der Waals surface area contributed by atoms with E-state index in [0.29, 0.717) is 6.04 Å². The van der Waals surface area contributed by atoms with E-state index in [9.17, 15) is 0 Å². The number of rotatable bonds is 5. The van der Waals surface area contributed by atoms with E-state index in [2.05, 4.69) is 48.1 Å². The van der Waals surface area contributed by atoms with Gasteiger partial charge in [0.1, 0.15) is 0 Å². The molecule has 2 aromatic rings. The molecule has 1 atom stereocenters. The highest BCUT2D eigenvalue weighted by Gasteiger charge is 2.06. The molecule has 1 N–H and O–H groups in total. The van der Waals surface area contributed by atoms with Crippen LogP contribution in [0.25, 0.3) is 0 Å². The van der Waals surface area contributed by atoms with Crippen molar-refractivity contribution in [3.63, 3.8) is 0 Å². The van der Waals surface area contributed by atoms with Gasteiger partial charge >= 0.3 is 0 Å². The maximum absolute atomic E-state index is 6.00. The van der Waals surface area contributed by atoms with Crippen molar-refractivity contribution >= 4 is 11.6 Å². The second-order valence-corrected chi connectivity index (χ2v) is 4.88. The molecule has 0 fully saturated rings. The van der Waals surface area contributed by atoms with Crippen LogP contribution in [0.3, 0.4) is 0 Å². The summed E-state index contributed by atoms with van der Waals surface area (Å²) in [6.07, 6.45) is 2.11. The molecule has 1 aromatic carbocycles. The topological polar surface area (TPSA) is 17.0 Å². The van der Waals surface area contributed by atoms with Gasteiger partial charge in [-0.25, -0.2) is 0 Å². The average Bonchev–Trinajstić information content (AvgIpc) is 2.83. The second-order valence-electron chi connectivity index (χ2n) is 4.44. The fourth-order valence-electron chi connectivity index (χ4n) is 2.07. The van der Waals surface area contributed by atoms with Crippen molar-refractivity contribution < 1.29 is 0 Å². The fraction of sp³-hybridized carbons (Fsp3) is 0.333. The lowest BCUT2D eigenvalue weighted by Gasteiger charge is -2.15. The minimum absolute atomic E-state index is 0.295. The van der Waals surface area contributed by atoms with Gasteiger partial charge in [-0.05, 0) is 43.7 Å². The molecule has 0 spiro atoms. The number of benzene rings is 1. The zero-order chi connectivity index (χ0) is 13.0. The van der Waals surface area contributed by atoms with Gasteiger partial charge in [-0.15, -0.1) is 0 Å². The van der Waals surface area contributed by atoms with Gasteiger partial charge in [0.05, 0.1) is 0 Å². The van der Waals surface area contributed by atoms with Gasteiger partial charge in [0.15, 0.2) is 0 Å². The van der Waals surface area contributed by atoms with Crippen molar-refractivity contribution in [2.45, 2.75) is 33.0 Å². The van der Waals surface area contributed by atoms with Crippen LogP contribution in [0.1, 0.15) is 31.1 Å². The summed E-state index contributed by atoms with van der Waals surface area (Å²) in [5.41, 5.74) is 2.53. The molecule has 0 saturated carbocycles. The quantitative estimate of drug-likeness (QED) is 0.861. The van der Waals surface area contributed by atoms with Crippen LogP contribution in [-0.4, -0.2) is 4.57 Å². The Morgan fingerprint density at radius 1 is 1.28 bits per heavy atom. The molecule has 18 heavy (non-hydrogen) atoms. The number of aryl methyl sites for hydroxylation is 1. The average molecular weight is 263 g/mol. The SMILES string of the molecule is CCn1cccc1CN[C@@H](C)c1cccc(Cl)c1. The summed E-state index contributed by atoms with van der Waals surface area (Å²) in [5.74, 6) is 0. The van der Waals surface area contributed by atoms with Gasteiger partial charge in [-0.1, -0.05) is 23.7 Å². The highest BCUT2D eigenvalue weighted by molar-refractivity contribution is 6.30. The van der Waals surface area contributed by atoms with Gasteiger partial charge in [-0.2, -0.15) is 0 Å². The predicted octanol–water partition coefficient (Wildman–Crippen LogP) is 4.01. The third kappa shape index (κ3) is 3.15. The first kappa shape index (κ1) is 13.2. The Labute approximate surface area is 114 Å². The normalized spacial score (nSPS) is 12.6. The molecule has 0 aliphatic heterocycles. The van der Waals surface area contributed by atoms with E-state index in [4.69, 9.17) is 11.6 Å². The number of hydrogen-bond acceptors (Lipinski definition) is 1. The summed E-state index contributed by atoms with van der Waals surface area (Å²) in [4.78, 5) is 0.